The van der Waals surface area contributed by atoms with Gasteiger partial charge in [-0.2, -0.15) is 0 Å². The van der Waals surface area contributed by atoms with E-state index in [1.165, 1.54) is 32.5 Å². The van der Waals surface area contributed by atoms with Crippen LogP contribution in [0.15, 0.2) is 0 Å². The van der Waals surface area contributed by atoms with Crippen molar-refractivity contribution in [3.05, 3.63) is 0 Å². The Morgan fingerprint density at radius 2 is 1.72 bits per heavy atom. The third kappa shape index (κ3) is 4.22. The van der Waals surface area contributed by atoms with Gasteiger partial charge in [0.1, 0.15) is 0 Å². The number of nitrogens with two attached hydrogens (primary N) is 1. The lowest BCUT2D eigenvalue weighted by Crippen LogP contribution is -2.63. The van der Waals surface area contributed by atoms with E-state index in [0.717, 1.165) is 13.1 Å². The van der Waals surface area contributed by atoms with Crippen molar-refractivity contribution in [1.29, 1.82) is 0 Å². The zero-order chi connectivity index (χ0) is 13.8. The third-order valence-electron chi connectivity index (χ3n) is 3.97. The Morgan fingerprint density at radius 3 is 2.11 bits per heavy atom. The smallest absolute Gasteiger partial charge is 0.0458 e. The predicted molar refractivity (Wildman–Crippen MR) is 79.8 cm³/mol. The van der Waals surface area contributed by atoms with E-state index >= 15 is 0 Å². The normalized spacial score (nSPS) is 26.5. The summed E-state index contributed by atoms with van der Waals surface area (Å²) in [5.41, 5.74) is 6.39. The van der Waals surface area contributed by atoms with E-state index in [1.54, 1.807) is 0 Å². The summed E-state index contributed by atoms with van der Waals surface area (Å²) >= 11 is 0. The van der Waals surface area contributed by atoms with Crippen molar-refractivity contribution in [3.8, 4) is 0 Å². The van der Waals surface area contributed by atoms with Crippen LogP contribution in [0.5, 0.6) is 0 Å². The number of piperidine rings is 1. The molecule has 1 heterocycles. The van der Waals surface area contributed by atoms with Gasteiger partial charge in [-0.1, -0.05) is 27.7 Å². The zero-order valence-electron chi connectivity index (χ0n) is 13.1. The fraction of sp³-hybridized carbons (Fsp3) is 1.00. The van der Waals surface area contributed by atoms with Gasteiger partial charge in [0, 0.05) is 31.7 Å². The lowest BCUT2D eigenvalue weighted by Gasteiger charge is -2.50. The summed E-state index contributed by atoms with van der Waals surface area (Å²) in [4.78, 5) is 5.13. The minimum absolute atomic E-state index is 0.210. The van der Waals surface area contributed by atoms with Gasteiger partial charge in [0.25, 0.3) is 0 Å². The highest BCUT2D eigenvalue weighted by Gasteiger charge is 2.38. The number of likely N-dealkylation sites (N-methyl/N-ethyl adjacent to an activating group) is 1. The molecule has 1 aliphatic heterocycles. The highest BCUT2D eigenvalue weighted by Crippen LogP contribution is 2.28. The molecule has 0 aromatic heterocycles. The van der Waals surface area contributed by atoms with Crippen LogP contribution in [0.2, 0.25) is 0 Å². The quantitative estimate of drug-likeness (QED) is 0.788. The molecular formula is C15H33N3. The van der Waals surface area contributed by atoms with Gasteiger partial charge in [-0.05, 0) is 38.3 Å². The first-order valence-corrected chi connectivity index (χ1v) is 7.53. The molecule has 0 spiro atoms. The molecule has 1 unspecified atom stereocenters. The highest BCUT2D eigenvalue weighted by molar-refractivity contribution is 4.97. The summed E-state index contributed by atoms with van der Waals surface area (Å²) in [6.45, 7) is 14.7. The second-order valence-corrected chi connectivity index (χ2v) is 6.96. The van der Waals surface area contributed by atoms with Crippen LogP contribution in [0.25, 0.3) is 0 Å². The van der Waals surface area contributed by atoms with E-state index in [9.17, 15) is 0 Å². The first-order valence-electron chi connectivity index (χ1n) is 7.53. The Balaban J connectivity index is 2.83. The molecule has 1 rings (SSSR count). The van der Waals surface area contributed by atoms with Gasteiger partial charge in [-0.25, -0.2) is 0 Å². The molecule has 0 radical (unpaired) electrons. The number of hydrogen-bond donors (Lipinski definition) is 1. The van der Waals surface area contributed by atoms with Crippen LogP contribution in [-0.2, 0) is 0 Å². The summed E-state index contributed by atoms with van der Waals surface area (Å²) in [6.07, 6.45) is 2.54. The molecule has 1 fully saturated rings. The molecule has 108 valence electrons. The summed E-state index contributed by atoms with van der Waals surface area (Å²) in [5.74, 6) is 1.42. The summed E-state index contributed by atoms with van der Waals surface area (Å²) < 4.78 is 0. The second kappa shape index (κ2) is 6.88. The number of nitrogens with zero attached hydrogens (tertiary/aromatic N) is 2. The van der Waals surface area contributed by atoms with Crippen LogP contribution in [-0.4, -0.2) is 55.1 Å². The van der Waals surface area contributed by atoms with Crippen molar-refractivity contribution in [3.63, 3.8) is 0 Å². The van der Waals surface area contributed by atoms with Crippen molar-refractivity contribution in [1.82, 2.24) is 9.80 Å². The van der Waals surface area contributed by atoms with Crippen molar-refractivity contribution in [2.75, 3.05) is 39.8 Å². The maximum absolute atomic E-state index is 6.18. The van der Waals surface area contributed by atoms with E-state index < -0.39 is 0 Å². The molecule has 18 heavy (non-hydrogen) atoms. The number of hydrogen-bond acceptors (Lipinski definition) is 3. The Kier molecular flexibility index (Phi) is 6.09. The maximum Gasteiger partial charge on any atom is 0.0458 e. The van der Waals surface area contributed by atoms with Crippen LogP contribution in [0, 0.1) is 11.8 Å². The van der Waals surface area contributed by atoms with E-state index in [-0.39, 0.29) is 5.54 Å². The SMILES string of the molecule is CC(C)CN(CC(C)C)C1(CN)CCCN(C)C1. The van der Waals surface area contributed by atoms with Gasteiger partial charge in [-0.15, -0.1) is 0 Å². The van der Waals surface area contributed by atoms with Crippen LogP contribution in [0.1, 0.15) is 40.5 Å². The van der Waals surface area contributed by atoms with Gasteiger partial charge in [0.15, 0.2) is 0 Å². The minimum atomic E-state index is 0.210. The molecule has 0 aromatic rings. The zero-order valence-corrected chi connectivity index (χ0v) is 13.1. The Bertz CT molecular complexity index is 230. The van der Waals surface area contributed by atoms with Crippen LogP contribution < -0.4 is 5.73 Å². The Hall–Kier alpha value is -0.120. The molecule has 0 amide bonds. The maximum atomic E-state index is 6.18. The standard InChI is InChI=1S/C15H33N3/c1-13(2)9-18(10-14(3)4)15(11-16)7-6-8-17(5)12-15/h13-14H,6-12,16H2,1-5H3. The molecule has 0 bridgehead atoms. The van der Waals surface area contributed by atoms with Crippen molar-refractivity contribution in [2.45, 2.75) is 46.1 Å². The summed E-state index contributed by atoms with van der Waals surface area (Å²) in [7, 11) is 2.23. The van der Waals surface area contributed by atoms with E-state index in [0.29, 0.717) is 11.8 Å². The lowest BCUT2D eigenvalue weighted by atomic mass is 9.86. The van der Waals surface area contributed by atoms with Crippen molar-refractivity contribution >= 4 is 0 Å². The number of rotatable bonds is 6. The predicted octanol–water partition coefficient (Wildman–Crippen LogP) is 2.02. The third-order valence-corrected chi connectivity index (χ3v) is 3.97. The molecule has 3 heteroatoms. The fourth-order valence-corrected chi connectivity index (χ4v) is 3.24. The summed E-state index contributed by atoms with van der Waals surface area (Å²) in [6, 6.07) is 0. The van der Waals surface area contributed by atoms with Crippen LogP contribution >= 0.6 is 0 Å². The average molecular weight is 255 g/mol. The molecule has 0 saturated carbocycles. The number of likely N-dealkylation sites (tertiary alicyclic amines) is 1. The largest absolute Gasteiger partial charge is 0.329 e. The molecule has 1 saturated heterocycles. The van der Waals surface area contributed by atoms with Gasteiger partial charge in [0.05, 0.1) is 0 Å². The van der Waals surface area contributed by atoms with E-state index in [1.807, 2.05) is 0 Å². The van der Waals surface area contributed by atoms with Crippen molar-refractivity contribution in [2.24, 2.45) is 17.6 Å². The molecule has 1 atom stereocenters. The van der Waals surface area contributed by atoms with Gasteiger partial charge in [-0.3, -0.25) is 4.90 Å². The monoisotopic (exact) mass is 255 g/mol. The van der Waals surface area contributed by atoms with Crippen molar-refractivity contribution < 1.29 is 0 Å². The first-order chi connectivity index (χ1) is 8.39. The van der Waals surface area contributed by atoms with Crippen LogP contribution in [0.3, 0.4) is 0 Å². The second-order valence-electron chi connectivity index (χ2n) is 6.96. The van der Waals surface area contributed by atoms with Gasteiger partial charge < -0.3 is 10.6 Å². The minimum Gasteiger partial charge on any atom is -0.329 e. The molecule has 0 aromatic carbocycles. The molecule has 1 aliphatic rings. The highest BCUT2D eigenvalue weighted by atomic mass is 15.3. The average Bonchev–Trinajstić information content (AvgIpc) is 2.26. The molecule has 0 aliphatic carbocycles. The van der Waals surface area contributed by atoms with Gasteiger partial charge >= 0.3 is 0 Å². The Morgan fingerprint density at radius 1 is 1.17 bits per heavy atom. The summed E-state index contributed by atoms with van der Waals surface area (Å²) in [5, 5.41) is 0. The topological polar surface area (TPSA) is 32.5 Å². The fourth-order valence-electron chi connectivity index (χ4n) is 3.24. The first kappa shape index (κ1) is 15.9. The van der Waals surface area contributed by atoms with Crippen LogP contribution in [0.4, 0.5) is 0 Å². The molecule has 3 nitrogen and oxygen atoms in total. The Labute approximate surface area is 114 Å². The van der Waals surface area contributed by atoms with Gasteiger partial charge in [0.2, 0.25) is 0 Å². The van der Waals surface area contributed by atoms with E-state index in [4.69, 9.17) is 5.73 Å². The lowest BCUT2D eigenvalue weighted by molar-refractivity contribution is 0.0103. The van der Waals surface area contributed by atoms with E-state index in [2.05, 4.69) is 44.5 Å². The molecule has 2 N–H and O–H groups in total. The molecular weight excluding hydrogens is 222 g/mol.